The number of halogens is 2. The quantitative estimate of drug-likeness (QED) is 0.616. The molecule has 0 radical (unpaired) electrons. The van der Waals surface area contributed by atoms with Crippen molar-refractivity contribution < 1.29 is 4.39 Å². The second-order valence-electron chi connectivity index (χ2n) is 4.42. The highest BCUT2D eigenvalue weighted by molar-refractivity contribution is 6.31. The molecule has 0 heterocycles. The third-order valence-corrected chi connectivity index (χ3v) is 3.45. The first-order chi connectivity index (χ1) is 8.25. The van der Waals surface area contributed by atoms with Crippen molar-refractivity contribution in [2.45, 2.75) is 32.2 Å². The van der Waals surface area contributed by atoms with E-state index in [1.165, 1.54) is 31.4 Å². The monoisotopic (exact) mass is 253 g/mol. The lowest BCUT2D eigenvalue weighted by molar-refractivity contribution is 0.619. The van der Waals surface area contributed by atoms with Crippen LogP contribution in [0.4, 0.5) is 4.39 Å². The van der Waals surface area contributed by atoms with Gasteiger partial charge in [0.25, 0.3) is 0 Å². The van der Waals surface area contributed by atoms with Crippen LogP contribution < -0.4 is 5.32 Å². The van der Waals surface area contributed by atoms with Crippen LogP contribution in [0, 0.1) is 5.82 Å². The number of hydrogen-bond donors (Lipinski definition) is 1. The number of nitrogens with one attached hydrogen (secondary N) is 1. The van der Waals surface area contributed by atoms with Crippen LogP contribution in [0.5, 0.6) is 0 Å². The molecule has 3 heteroatoms. The van der Waals surface area contributed by atoms with E-state index in [2.05, 4.69) is 11.4 Å². The zero-order valence-corrected chi connectivity index (χ0v) is 10.6. The van der Waals surface area contributed by atoms with E-state index in [0.717, 1.165) is 18.5 Å². The Morgan fingerprint density at radius 1 is 1.35 bits per heavy atom. The molecule has 92 valence electrons. The lowest BCUT2D eigenvalue weighted by atomic mass is 10.1. The second-order valence-corrected chi connectivity index (χ2v) is 4.82. The summed E-state index contributed by atoms with van der Waals surface area (Å²) in [7, 11) is 0. The molecule has 0 atom stereocenters. The van der Waals surface area contributed by atoms with Gasteiger partial charge in [0, 0.05) is 11.6 Å². The standard InChI is InChI=1S/C14H17ClFN/c15-14-6-5-13(16)9-12(14)10-17-8-7-11-3-1-2-4-11/h3,5-6,9,17H,1-2,4,7-8,10H2. The fourth-order valence-electron chi connectivity index (χ4n) is 2.12. The van der Waals surface area contributed by atoms with Crippen molar-refractivity contribution in [1.82, 2.24) is 5.32 Å². The van der Waals surface area contributed by atoms with Gasteiger partial charge in [-0.2, -0.15) is 0 Å². The fraction of sp³-hybridized carbons (Fsp3) is 0.429. The van der Waals surface area contributed by atoms with Crippen molar-refractivity contribution in [3.05, 3.63) is 46.3 Å². The predicted octanol–water partition coefficient (Wildman–Crippen LogP) is 4.07. The largest absolute Gasteiger partial charge is 0.312 e. The number of allylic oxidation sites excluding steroid dienone is 1. The molecule has 0 aromatic heterocycles. The molecule has 1 aromatic carbocycles. The van der Waals surface area contributed by atoms with Crippen molar-refractivity contribution in [2.24, 2.45) is 0 Å². The molecule has 0 unspecified atom stereocenters. The summed E-state index contributed by atoms with van der Waals surface area (Å²) in [5.74, 6) is -0.232. The molecular weight excluding hydrogens is 237 g/mol. The third-order valence-electron chi connectivity index (χ3n) is 3.08. The van der Waals surface area contributed by atoms with Crippen LogP contribution in [0.15, 0.2) is 29.8 Å². The molecule has 1 nitrogen and oxygen atoms in total. The van der Waals surface area contributed by atoms with E-state index < -0.39 is 0 Å². The van der Waals surface area contributed by atoms with Gasteiger partial charge < -0.3 is 5.32 Å². The Kier molecular flexibility index (Phi) is 4.57. The first kappa shape index (κ1) is 12.6. The summed E-state index contributed by atoms with van der Waals surface area (Å²) < 4.78 is 13.0. The minimum Gasteiger partial charge on any atom is -0.312 e. The van der Waals surface area contributed by atoms with Crippen LogP contribution in [-0.4, -0.2) is 6.54 Å². The van der Waals surface area contributed by atoms with E-state index in [9.17, 15) is 4.39 Å². The number of hydrogen-bond acceptors (Lipinski definition) is 1. The second kappa shape index (κ2) is 6.18. The van der Waals surface area contributed by atoms with Crippen LogP contribution in [0.1, 0.15) is 31.2 Å². The summed E-state index contributed by atoms with van der Waals surface area (Å²) in [6, 6.07) is 4.48. The van der Waals surface area contributed by atoms with Crippen molar-refractivity contribution in [1.29, 1.82) is 0 Å². The van der Waals surface area contributed by atoms with E-state index >= 15 is 0 Å². The molecule has 0 spiro atoms. The summed E-state index contributed by atoms with van der Waals surface area (Å²) in [4.78, 5) is 0. The first-order valence-electron chi connectivity index (χ1n) is 6.08. The summed E-state index contributed by atoms with van der Waals surface area (Å²) in [6.45, 7) is 1.56. The van der Waals surface area contributed by atoms with Gasteiger partial charge >= 0.3 is 0 Å². The van der Waals surface area contributed by atoms with Gasteiger partial charge in [-0.15, -0.1) is 0 Å². The van der Waals surface area contributed by atoms with Gasteiger partial charge in [0.15, 0.2) is 0 Å². The Bertz CT molecular complexity index is 415. The van der Waals surface area contributed by atoms with Crippen molar-refractivity contribution in [3.8, 4) is 0 Å². The van der Waals surface area contributed by atoms with Gasteiger partial charge in [0.2, 0.25) is 0 Å². The Morgan fingerprint density at radius 3 is 3.00 bits per heavy atom. The molecule has 0 bridgehead atoms. The zero-order valence-electron chi connectivity index (χ0n) is 9.81. The van der Waals surface area contributed by atoms with Crippen molar-refractivity contribution >= 4 is 11.6 Å². The molecule has 1 N–H and O–H groups in total. The Balaban J connectivity index is 1.75. The van der Waals surface area contributed by atoms with E-state index in [1.54, 1.807) is 11.6 Å². The van der Waals surface area contributed by atoms with Crippen molar-refractivity contribution in [2.75, 3.05) is 6.54 Å². The molecule has 17 heavy (non-hydrogen) atoms. The molecule has 1 aliphatic carbocycles. The van der Waals surface area contributed by atoms with Crippen LogP contribution in [0.2, 0.25) is 5.02 Å². The normalized spacial score (nSPS) is 15.1. The van der Waals surface area contributed by atoms with Gasteiger partial charge in [0.05, 0.1) is 0 Å². The molecule has 0 saturated carbocycles. The van der Waals surface area contributed by atoms with Crippen LogP contribution in [0.3, 0.4) is 0 Å². The van der Waals surface area contributed by atoms with Crippen LogP contribution in [0.25, 0.3) is 0 Å². The van der Waals surface area contributed by atoms with Gasteiger partial charge in [-0.05, 0) is 56.0 Å². The summed E-state index contributed by atoms with van der Waals surface area (Å²) in [5.41, 5.74) is 2.37. The number of rotatable bonds is 5. The lowest BCUT2D eigenvalue weighted by Crippen LogP contribution is -2.15. The molecule has 0 fully saturated rings. The first-order valence-corrected chi connectivity index (χ1v) is 6.46. The Hall–Kier alpha value is -0.860. The highest BCUT2D eigenvalue weighted by Crippen LogP contribution is 2.20. The maximum absolute atomic E-state index is 13.0. The molecule has 0 aliphatic heterocycles. The Morgan fingerprint density at radius 2 is 2.24 bits per heavy atom. The van der Waals surface area contributed by atoms with Crippen LogP contribution in [-0.2, 0) is 6.54 Å². The fourth-order valence-corrected chi connectivity index (χ4v) is 2.30. The van der Waals surface area contributed by atoms with Crippen LogP contribution >= 0.6 is 11.6 Å². The average Bonchev–Trinajstić information content (AvgIpc) is 2.82. The highest BCUT2D eigenvalue weighted by Gasteiger charge is 2.05. The molecule has 0 saturated heterocycles. The van der Waals surface area contributed by atoms with Gasteiger partial charge in [-0.3, -0.25) is 0 Å². The molecule has 1 aromatic rings. The third kappa shape index (κ3) is 3.83. The van der Waals surface area contributed by atoms with Crippen molar-refractivity contribution in [3.63, 3.8) is 0 Å². The van der Waals surface area contributed by atoms with Gasteiger partial charge in [-0.1, -0.05) is 23.3 Å². The van der Waals surface area contributed by atoms with E-state index in [4.69, 9.17) is 11.6 Å². The molecule has 1 aliphatic rings. The van der Waals surface area contributed by atoms with E-state index in [-0.39, 0.29) is 5.82 Å². The van der Waals surface area contributed by atoms with E-state index in [1.807, 2.05) is 0 Å². The smallest absolute Gasteiger partial charge is 0.123 e. The minimum atomic E-state index is -0.232. The zero-order chi connectivity index (χ0) is 12.1. The van der Waals surface area contributed by atoms with Gasteiger partial charge in [-0.25, -0.2) is 4.39 Å². The summed E-state index contributed by atoms with van der Waals surface area (Å²) >= 11 is 5.98. The molecule has 2 rings (SSSR count). The molecular formula is C14H17ClFN. The average molecular weight is 254 g/mol. The highest BCUT2D eigenvalue weighted by atomic mass is 35.5. The lowest BCUT2D eigenvalue weighted by Gasteiger charge is -2.07. The minimum absolute atomic E-state index is 0.232. The van der Waals surface area contributed by atoms with Gasteiger partial charge in [0.1, 0.15) is 5.82 Å². The maximum Gasteiger partial charge on any atom is 0.123 e. The topological polar surface area (TPSA) is 12.0 Å². The maximum atomic E-state index is 13.0. The Labute approximate surface area is 107 Å². The molecule has 0 amide bonds. The number of benzene rings is 1. The summed E-state index contributed by atoms with van der Waals surface area (Å²) in [5, 5.41) is 3.93. The van der Waals surface area contributed by atoms with E-state index in [0.29, 0.717) is 11.6 Å². The SMILES string of the molecule is Fc1ccc(Cl)c(CNCCC2=CCCC2)c1. The predicted molar refractivity (Wildman–Crippen MR) is 69.7 cm³/mol. The summed E-state index contributed by atoms with van der Waals surface area (Å²) in [6.07, 6.45) is 7.18.